The second-order valence-corrected chi connectivity index (χ2v) is 9.69. The van der Waals surface area contributed by atoms with Gasteiger partial charge >= 0.3 is 5.97 Å². The van der Waals surface area contributed by atoms with Gasteiger partial charge in [-0.1, -0.05) is 13.8 Å². The number of nitrogens with zero attached hydrogens (tertiary/aromatic N) is 2. The van der Waals surface area contributed by atoms with E-state index in [2.05, 4.69) is 23.7 Å². The number of benzene rings is 1. The Morgan fingerprint density at radius 1 is 1.16 bits per heavy atom. The molecular formula is C25H31N3O4. The Morgan fingerprint density at radius 2 is 1.88 bits per heavy atom. The number of rotatable bonds is 3. The van der Waals surface area contributed by atoms with Gasteiger partial charge in [0.2, 0.25) is 0 Å². The number of H-pyrrole nitrogens is 1. The van der Waals surface area contributed by atoms with E-state index in [0.29, 0.717) is 25.2 Å². The SMILES string of the molecule is COC(=O)c1ccc(N2CCN(C(=O)c3cc4c([nH]c3=O)CCC(C)(C)C4)[C@H](C)C2)cc1. The lowest BCUT2D eigenvalue weighted by Crippen LogP contribution is -2.54. The number of fused-ring (bicyclic) bond motifs is 1. The third-order valence-corrected chi connectivity index (χ3v) is 6.71. The standard InChI is InChI=1S/C25H31N3O4/c1-16-15-27(19-7-5-17(6-8-19)24(31)32-4)11-12-28(16)23(30)20-13-18-14-25(2,3)10-9-21(18)26-22(20)29/h5-8,13,16H,9-12,14-15H2,1-4H3,(H,26,29)/t16-/m1/s1. The van der Waals surface area contributed by atoms with Crippen LogP contribution in [0.3, 0.4) is 0 Å². The molecule has 170 valence electrons. The second-order valence-electron chi connectivity index (χ2n) is 9.69. The summed E-state index contributed by atoms with van der Waals surface area (Å²) in [6.07, 6.45) is 2.74. The van der Waals surface area contributed by atoms with Crippen molar-refractivity contribution in [2.24, 2.45) is 5.41 Å². The minimum absolute atomic E-state index is 0.0524. The van der Waals surface area contributed by atoms with Crippen LogP contribution >= 0.6 is 0 Å². The highest BCUT2D eigenvalue weighted by Gasteiger charge is 2.32. The molecular weight excluding hydrogens is 406 g/mol. The lowest BCUT2D eigenvalue weighted by Gasteiger charge is -2.41. The van der Waals surface area contributed by atoms with Gasteiger partial charge in [-0.05, 0) is 67.5 Å². The van der Waals surface area contributed by atoms with Crippen LogP contribution in [-0.4, -0.2) is 54.5 Å². The molecule has 2 heterocycles. The van der Waals surface area contributed by atoms with Gasteiger partial charge in [-0.15, -0.1) is 0 Å². The van der Waals surface area contributed by atoms with Gasteiger partial charge in [-0.2, -0.15) is 0 Å². The highest BCUT2D eigenvalue weighted by atomic mass is 16.5. The summed E-state index contributed by atoms with van der Waals surface area (Å²) in [5.74, 6) is -0.565. The van der Waals surface area contributed by atoms with Gasteiger partial charge < -0.3 is 19.5 Å². The summed E-state index contributed by atoms with van der Waals surface area (Å²) in [6.45, 7) is 8.29. The molecule has 32 heavy (non-hydrogen) atoms. The Hall–Kier alpha value is -3.09. The third kappa shape index (κ3) is 4.29. The number of carbonyl (C=O) groups is 2. The van der Waals surface area contributed by atoms with Crippen molar-refractivity contribution < 1.29 is 14.3 Å². The topological polar surface area (TPSA) is 82.7 Å². The summed E-state index contributed by atoms with van der Waals surface area (Å²) in [7, 11) is 1.36. The highest BCUT2D eigenvalue weighted by molar-refractivity contribution is 5.94. The van der Waals surface area contributed by atoms with Gasteiger partial charge in [-0.3, -0.25) is 9.59 Å². The number of amides is 1. The van der Waals surface area contributed by atoms with Crippen LogP contribution in [0.15, 0.2) is 35.1 Å². The van der Waals surface area contributed by atoms with E-state index in [0.717, 1.165) is 36.2 Å². The van der Waals surface area contributed by atoms with Crippen molar-refractivity contribution in [3.8, 4) is 0 Å². The predicted molar refractivity (Wildman–Crippen MR) is 123 cm³/mol. The summed E-state index contributed by atoms with van der Waals surface area (Å²) in [4.78, 5) is 44.6. The number of hydrogen-bond donors (Lipinski definition) is 1. The number of hydrogen-bond acceptors (Lipinski definition) is 5. The van der Waals surface area contributed by atoms with Gasteiger partial charge in [0, 0.05) is 37.1 Å². The molecule has 1 aliphatic carbocycles. The molecule has 0 bridgehead atoms. The number of aromatic amines is 1. The van der Waals surface area contributed by atoms with Crippen molar-refractivity contribution in [2.75, 3.05) is 31.6 Å². The van der Waals surface area contributed by atoms with Gasteiger partial charge in [0.05, 0.1) is 12.7 Å². The first-order chi connectivity index (χ1) is 15.2. The number of aromatic nitrogens is 1. The van der Waals surface area contributed by atoms with Crippen molar-refractivity contribution in [3.63, 3.8) is 0 Å². The molecule has 1 atom stereocenters. The number of ether oxygens (including phenoxy) is 1. The first-order valence-corrected chi connectivity index (χ1v) is 11.2. The number of aryl methyl sites for hydroxylation is 1. The van der Waals surface area contributed by atoms with Crippen LogP contribution in [0.5, 0.6) is 0 Å². The van der Waals surface area contributed by atoms with Crippen molar-refractivity contribution >= 4 is 17.6 Å². The number of carbonyl (C=O) groups excluding carboxylic acids is 2. The highest BCUT2D eigenvalue weighted by Crippen LogP contribution is 2.33. The fraction of sp³-hybridized carbons (Fsp3) is 0.480. The third-order valence-electron chi connectivity index (χ3n) is 6.71. The summed E-state index contributed by atoms with van der Waals surface area (Å²) < 4.78 is 4.75. The summed E-state index contributed by atoms with van der Waals surface area (Å²) in [6, 6.07) is 9.05. The van der Waals surface area contributed by atoms with E-state index in [1.807, 2.05) is 25.1 Å². The molecule has 1 N–H and O–H groups in total. The zero-order valence-electron chi connectivity index (χ0n) is 19.2. The quantitative estimate of drug-likeness (QED) is 0.747. The fourth-order valence-electron chi connectivity index (χ4n) is 4.79. The second kappa shape index (κ2) is 8.45. The van der Waals surface area contributed by atoms with E-state index in [-0.39, 0.29) is 34.5 Å². The molecule has 1 fully saturated rings. The van der Waals surface area contributed by atoms with E-state index in [9.17, 15) is 14.4 Å². The first-order valence-electron chi connectivity index (χ1n) is 11.2. The van der Waals surface area contributed by atoms with E-state index >= 15 is 0 Å². The van der Waals surface area contributed by atoms with Crippen LogP contribution in [0.2, 0.25) is 0 Å². The lowest BCUT2D eigenvalue weighted by molar-refractivity contribution is 0.0599. The van der Waals surface area contributed by atoms with E-state index in [4.69, 9.17) is 4.74 Å². The van der Waals surface area contributed by atoms with Crippen molar-refractivity contribution in [1.29, 1.82) is 0 Å². The number of piperazine rings is 1. The Kier molecular flexibility index (Phi) is 5.84. The molecule has 2 aliphatic rings. The maximum Gasteiger partial charge on any atom is 0.337 e. The first kappa shape index (κ1) is 22.1. The van der Waals surface area contributed by atoms with Gasteiger partial charge in [-0.25, -0.2) is 4.79 Å². The fourth-order valence-corrected chi connectivity index (χ4v) is 4.79. The lowest BCUT2D eigenvalue weighted by atomic mass is 9.76. The van der Waals surface area contributed by atoms with E-state index in [1.54, 1.807) is 17.0 Å². The van der Waals surface area contributed by atoms with Gasteiger partial charge in [0.1, 0.15) is 5.56 Å². The molecule has 1 aromatic carbocycles. The molecule has 1 aliphatic heterocycles. The zero-order chi connectivity index (χ0) is 23.0. The average molecular weight is 438 g/mol. The number of anilines is 1. The molecule has 4 rings (SSSR count). The van der Waals surface area contributed by atoms with E-state index in [1.165, 1.54) is 7.11 Å². The predicted octanol–water partition coefficient (Wildman–Crippen LogP) is 3.03. The normalized spacial score (nSPS) is 19.9. The largest absolute Gasteiger partial charge is 0.465 e. The smallest absolute Gasteiger partial charge is 0.337 e. The summed E-state index contributed by atoms with van der Waals surface area (Å²) >= 11 is 0. The summed E-state index contributed by atoms with van der Waals surface area (Å²) in [5.41, 5.74) is 3.68. The monoisotopic (exact) mass is 437 g/mol. The Balaban J connectivity index is 1.49. The molecule has 0 saturated carbocycles. The van der Waals surface area contributed by atoms with Crippen LogP contribution in [-0.2, 0) is 17.6 Å². The van der Waals surface area contributed by atoms with Crippen LogP contribution in [0.1, 0.15) is 59.2 Å². The molecule has 0 spiro atoms. The zero-order valence-corrected chi connectivity index (χ0v) is 19.2. The molecule has 2 aromatic rings. The Morgan fingerprint density at radius 3 is 2.53 bits per heavy atom. The Labute approximate surface area is 188 Å². The Bertz CT molecular complexity index is 1090. The van der Waals surface area contributed by atoms with E-state index < -0.39 is 0 Å². The molecule has 0 radical (unpaired) electrons. The van der Waals surface area contributed by atoms with Gasteiger partial charge in [0.25, 0.3) is 11.5 Å². The van der Waals surface area contributed by atoms with Gasteiger partial charge in [0.15, 0.2) is 0 Å². The maximum atomic E-state index is 13.3. The van der Waals surface area contributed by atoms with Crippen LogP contribution in [0.4, 0.5) is 5.69 Å². The van der Waals surface area contributed by atoms with Crippen LogP contribution in [0, 0.1) is 5.41 Å². The number of nitrogens with one attached hydrogen (secondary N) is 1. The van der Waals surface area contributed by atoms with Crippen molar-refractivity contribution in [2.45, 2.75) is 46.1 Å². The molecule has 7 heteroatoms. The molecule has 7 nitrogen and oxygen atoms in total. The number of esters is 1. The molecule has 1 amide bonds. The van der Waals surface area contributed by atoms with Crippen molar-refractivity contribution in [3.05, 3.63) is 63.1 Å². The van der Waals surface area contributed by atoms with Crippen LogP contribution < -0.4 is 10.5 Å². The van der Waals surface area contributed by atoms with Crippen LogP contribution in [0.25, 0.3) is 0 Å². The molecule has 1 aromatic heterocycles. The van der Waals surface area contributed by atoms with Crippen molar-refractivity contribution in [1.82, 2.24) is 9.88 Å². The average Bonchev–Trinajstić information content (AvgIpc) is 2.77. The maximum absolute atomic E-state index is 13.3. The minimum atomic E-state index is -0.362. The number of pyridine rings is 1. The molecule has 0 unspecified atom stereocenters. The minimum Gasteiger partial charge on any atom is -0.465 e. The number of methoxy groups -OCH3 is 1. The molecule has 1 saturated heterocycles. The summed E-state index contributed by atoms with van der Waals surface area (Å²) in [5, 5.41) is 0.